The molecule has 0 aliphatic carbocycles. The number of unbranched alkanes of at least 4 members (excludes halogenated alkanes) is 3. The minimum absolute atomic E-state index is 0.279. The molecule has 0 aliphatic heterocycles. The van der Waals surface area contributed by atoms with Crippen molar-refractivity contribution in [2.24, 2.45) is 5.73 Å². The topological polar surface area (TPSA) is 77.0 Å². The number of hydrogen-bond acceptors (Lipinski definition) is 4. The van der Waals surface area contributed by atoms with E-state index in [9.17, 15) is 0 Å². The van der Waals surface area contributed by atoms with Gasteiger partial charge in [-0.2, -0.15) is 0 Å². The molecule has 5 heteroatoms. The van der Waals surface area contributed by atoms with Crippen molar-refractivity contribution in [3.8, 4) is 0 Å². The van der Waals surface area contributed by atoms with E-state index >= 15 is 0 Å². The Morgan fingerprint density at radius 3 is 2.81 bits per heavy atom. The molecule has 0 atom stereocenters. The molecule has 0 aromatic carbocycles. The number of aliphatic hydroxyl groups excluding tert-OH is 1. The predicted octanol–water partition coefficient (Wildman–Crippen LogP) is 0.722. The Morgan fingerprint density at radius 2 is 2.06 bits per heavy atom. The van der Waals surface area contributed by atoms with Gasteiger partial charge in [0.25, 0.3) is 0 Å². The molecule has 0 bridgehead atoms. The molecule has 3 N–H and O–H groups in total. The van der Waals surface area contributed by atoms with E-state index in [2.05, 4.69) is 10.3 Å². The lowest BCUT2D eigenvalue weighted by molar-refractivity contribution is 0.281. The van der Waals surface area contributed by atoms with Crippen molar-refractivity contribution in [2.45, 2.75) is 45.1 Å². The number of nitrogens with zero attached hydrogens (tertiary/aromatic N) is 3. The molecular formula is C11H22N4O. The zero-order valence-corrected chi connectivity index (χ0v) is 9.81. The number of hydrogen-bond donors (Lipinski definition) is 2. The highest BCUT2D eigenvalue weighted by Gasteiger charge is 2.00. The summed E-state index contributed by atoms with van der Waals surface area (Å²) in [5, 5.41) is 16.8. The quantitative estimate of drug-likeness (QED) is 0.608. The van der Waals surface area contributed by atoms with Crippen molar-refractivity contribution in [1.29, 1.82) is 0 Å². The van der Waals surface area contributed by atoms with Crippen molar-refractivity contribution >= 4 is 0 Å². The average molecular weight is 226 g/mol. The van der Waals surface area contributed by atoms with Crippen molar-refractivity contribution < 1.29 is 5.11 Å². The minimum atomic E-state index is 0.279. The third-order valence-corrected chi connectivity index (χ3v) is 2.52. The van der Waals surface area contributed by atoms with E-state index in [1.54, 1.807) is 0 Å². The molecule has 0 aliphatic rings. The van der Waals surface area contributed by atoms with E-state index in [1.807, 2.05) is 10.9 Å². The first-order chi connectivity index (χ1) is 7.86. The molecule has 0 amide bonds. The number of aryl methyl sites for hydroxylation is 2. The Kier molecular flexibility index (Phi) is 6.76. The molecule has 0 saturated heterocycles. The molecule has 1 heterocycles. The molecule has 92 valence electrons. The molecule has 16 heavy (non-hydrogen) atoms. The Morgan fingerprint density at radius 1 is 1.19 bits per heavy atom. The fourth-order valence-corrected chi connectivity index (χ4v) is 1.58. The summed E-state index contributed by atoms with van der Waals surface area (Å²) in [5.41, 5.74) is 6.48. The van der Waals surface area contributed by atoms with Gasteiger partial charge in [-0.25, -0.2) is 0 Å². The molecule has 1 aromatic heterocycles. The lowest BCUT2D eigenvalue weighted by atomic mass is 10.2. The van der Waals surface area contributed by atoms with Crippen LogP contribution in [0.25, 0.3) is 0 Å². The second kappa shape index (κ2) is 8.24. The van der Waals surface area contributed by atoms with Crippen LogP contribution in [0.5, 0.6) is 0 Å². The first kappa shape index (κ1) is 13.1. The van der Waals surface area contributed by atoms with Gasteiger partial charge in [0, 0.05) is 19.3 Å². The van der Waals surface area contributed by atoms with Crippen LogP contribution in [-0.2, 0) is 13.0 Å². The summed E-state index contributed by atoms with van der Waals surface area (Å²) in [6, 6.07) is 0. The van der Waals surface area contributed by atoms with Crippen LogP contribution in [0.15, 0.2) is 6.20 Å². The molecule has 0 fully saturated rings. The summed E-state index contributed by atoms with van der Waals surface area (Å²) in [7, 11) is 0. The zero-order chi connectivity index (χ0) is 11.6. The Bertz CT molecular complexity index is 275. The van der Waals surface area contributed by atoms with Crippen LogP contribution in [0, 0.1) is 0 Å². The summed E-state index contributed by atoms with van der Waals surface area (Å²) in [5.74, 6) is 0. The van der Waals surface area contributed by atoms with Gasteiger partial charge in [-0.15, -0.1) is 5.10 Å². The largest absolute Gasteiger partial charge is 0.396 e. The molecule has 0 unspecified atom stereocenters. The summed E-state index contributed by atoms with van der Waals surface area (Å²) in [6.45, 7) is 1.92. The SMILES string of the molecule is NCCCCc1cn(CCCCCO)nn1. The van der Waals surface area contributed by atoms with Crippen LogP contribution in [0.2, 0.25) is 0 Å². The summed E-state index contributed by atoms with van der Waals surface area (Å²) < 4.78 is 1.88. The maximum atomic E-state index is 8.64. The van der Waals surface area contributed by atoms with Crippen molar-refractivity contribution in [3.05, 3.63) is 11.9 Å². The molecule has 0 radical (unpaired) electrons. The van der Waals surface area contributed by atoms with Gasteiger partial charge in [-0.1, -0.05) is 5.21 Å². The average Bonchev–Trinajstić information content (AvgIpc) is 2.73. The minimum Gasteiger partial charge on any atom is -0.396 e. The van der Waals surface area contributed by atoms with Crippen LogP contribution >= 0.6 is 0 Å². The zero-order valence-electron chi connectivity index (χ0n) is 9.81. The Hall–Kier alpha value is -0.940. The highest BCUT2D eigenvalue weighted by molar-refractivity contribution is 4.92. The van der Waals surface area contributed by atoms with Crippen molar-refractivity contribution in [3.63, 3.8) is 0 Å². The van der Waals surface area contributed by atoms with E-state index in [-0.39, 0.29) is 6.61 Å². The molecule has 5 nitrogen and oxygen atoms in total. The van der Waals surface area contributed by atoms with Gasteiger partial charge in [0.15, 0.2) is 0 Å². The lowest BCUT2D eigenvalue weighted by Gasteiger charge is -1.98. The second-order valence-corrected chi connectivity index (χ2v) is 4.00. The fourth-order valence-electron chi connectivity index (χ4n) is 1.58. The van der Waals surface area contributed by atoms with Crippen molar-refractivity contribution in [2.75, 3.05) is 13.2 Å². The van der Waals surface area contributed by atoms with Crippen LogP contribution in [0.1, 0.15) is 37.8 Å². The molecular weight excluding hydrogens is 204 g/mol. The van der Waals surface area contributed by atoms with E-state index in [0.717, 1.165) is 57.3 Å². The van der Waals surface area contributed by atoms with Gasteiger partial charge in [0.1, 0.15) is 0 Å². The molecule has 1 aromatic rings. The summed E-state index contributed by atoms with van der Waals surface area (Å²) >= 11 is 0. The van der Waals surface area contributed by atoms with Crippen LogP contribution in [-0.4, -0.2) is 33.3 Å². The van der Waals surface area contributed by atoms with Crippen LogP contribution < -0.4 is 5.73 Å². The smallest absolute Gasteiger partial charge is 0.0827 e. The Balaban J connectivity index is 2.17. The monoisotopic (exact) mass is 226 g/mol. The maximum Gasteiger partial charge on any atom is 0.0827 e. The first-order valence-electron chi connectivity index (χ1n) is 6.06. The van der Waals surface area contributed by atoms with Gasteiger partial charge in [-0.3, -0.25) is 4.68 Å². The normalized spacial score (nSPS) is 10.9. The fraction of sp³-hybridized carbons (Fsp3) is 0.818. The van der Waals surface area contributed by atoms with Gasteiger partial charge in [-0.05, 0) is 45.1 Å². The second-order valence-electron chi connectivity index (χ2n) is 4.00. The number of nitrogens with two attached hydrogens (primary N) is 1. The first-order valence-corrected chi connectivity index (χ1v) is 6.06. The molecule has 0 saturated carbocycles. The standard InChI is InChI=1S/C11H22N4O/c12-7-3-2-6-11-10-15(14-13-11)8-4-1-5-9-16/h10,16H,1-9,12H2. The van der Waals surface area contributed by atoms with Gasteiger partial charge >= 0.3 is 0 Å². The van der Waals surface area contributed by atoms with Gasteiger partial charge in [0.2, 0.25) is 0 Å². The number of rotatable bonds is 9. The van der Waals surface area contributed by atoms with E-state index in [1.165, 1.54) is 0 Å². The Labute approximate surface area is 96.6 Å². The van der Waals surface area contributed by atoms with E-state index in [4.69, 9.17) is 10.8 Å². The third kappa shape index (κ3) is 5.23. The summed E-state index contributed by atoms with van der Waals surface area (Å²) in [6.07, 6.45) is 8.06. The number of aliphatic hydroxyl groups is 1. The maximum absolute atomic E-state index is 8.64. The predicted molar refractivity (Wildman–Crippen MR) is 63.0 cm³/mol. The molecule has 1 rings (SSSR count). The van der Waals surface area contributed by atoms with Gasteiger partial charge < -0.3 is 10.8 Å². The molecule has 0 spiro atoms. The van der Waals surface area contributed by atoms with E-state index in [0.29, 0.717) is 0 Å². The van der Waals surface area contributed by atoms with Gasteiger partial charge in [0.05, 0.1) is 5.69 Å². The third-order valence-electron chi connectivity index (χ3n) is 2.52. The van der Waals surface area contributed by atoms with Crippen LogP contribution in [0.3, 0.4) is 0 Å². The highest BCUT2D eigenvalue weighted by Crippen LogP contribution is 2.02. The van der Waals surface area contributed by atoms with Crippen LogP contribution in [0.4, 0.5) is 0 Å². The highest BCUT2D eigenvalue weighted by atomic mass is 16.2. The van der Waals surface area contributed by atoms with E-state index < -0.39 is 0 Å². The summed E-state index contributed by atoms with van der Waals surface area (Å²) in [4.78, 5) is 0. The number of aromatic nitrogens is 3. The van der Waals surface area contributed by atoms with Crippen molar-refractivity contribution in [1.82, 2.24) is 15.0 Å². The lowest BCUT2D eigenvalue weighted by Crippen LogP contribution is -1.99.